The summed E-state index contributed by atoms with van der Waals surface area (Å²) in [5, 5.41) is 0. The third-order valence-electron chi connectivity index (χ3n) is 0. The van der Waals surface area contributed by atoms with Gasteiger partial charge in [-0.2, -0.15) is 0 Å². The summed E-state index contributed by atoms with van der Waals surface area (Å²) in [6.45, 7) is 0. The number of hydrogen-bond donors (Lipinski definition) is 2. The van der Waals surface area contributed by atoms with Crippen molar-refractivity contribution in [1.29, 1.82) is 0 Å². The zero-order valence-electron chi connectivity index (χ0n) is 7.15. The van der Waals surface area contributed by atoms with Crippen LogP contribution in [0.5, 0.6) is 0 Å². The molecule has 0 aromatic carbocycles. The van der Waals surface area contributed by atoms with Crippen molar-refractivity contribution in [3.63, 3.8) is 0 Å². The molecule has 0 unspecified atom stereocenters. The molecule has 4 N–H and O–H groups in total. The maximum atomic E-state index is 4.00. The third kappa shape index (κ3) is 19.6. The van der Waals surface area contributed by atoms with E-state index in [0.717, 1.165) is 0 Å². The van der Waals surface area contributed by atoms with Gasteiger partial charge in [0, 0.05) is 0 Å². The van der Waals surface area contributed by atoms with E-state index in [-0.39, 0.29) is 93.0 Å². The van der Waals surface area contributed by atoms with Gasteiger partial charge in [-0.3, -0.25) is 11.7 Å². The summed E-state index contributed by atoms with van der Waals surface area (Å²) in [6, 6.07) is 0. The Bertz CT molecular complexity index is 12.5. The minimum Gasteiger partial charge on any atom is -1.00 e. The largest absolute Gasteiger partial charge is 1.00 e. The van der Waals surface area contributed by atoms with E-state index in [1.165, 1.54) is 0 Å². The Balaban J connectivity index is -0.000000000333. The zero-order valence-corrected chi connectivity index (χ0v) is 10.2. The fraction of sp³-hybridized carbons (Fsp3) is 0. The van der Waals surface area contributed by atoms with E-state index < -0.39 is 0 Å². The Morgan fingerprint density at radius 1 is 0.800 bits per heavy atom. The minimum absolute atomic E-state index is 0. The van der Waals surface area contributed by atoms with Gasteiger partial charge in [-0.25, -0.2) is 0 Å². The number of hydrogen-bond acceptors (Lipinski definition) is 2. The quantitative estimate of drug-likeness (QED) is 0.182. The maximum Gasteiger partial charge on any atom is 1.00 e. The number of hydrazine groups is 1. The van der Waals surface area contributed by atoms with Gasteiger partial charge in [-0.15, -0.1) is 0 Å². The van der Waals surface area contributed by atoms with Crippen LogP contribution in [0.1, 0.15) is 4.28 Å². The molecule has 0 bridgehead atoms. The van der Waals surface area contributed by atoms with Crippen LogP contribution in [0.3, 0.4) is 0 Å². The van der Waals surface area contributed by atoms with Crippen LogP contribution in [0.2, 0.25) is 0 Å². The summed E-state index contributed by atoms with van der Waals surface area (Å²) in [4.78, 5) is 0. The van der Waals surface area contributed by atoms with Gasteiger partial charge in [-0.05, 0) is 0 Å². The molecule has 0 aliphatic heterocycles. The number of nitrogens with two attached hydrogens (primary N) is 2. The molecule has 5 heteroatoms. The summed E-state index contributed by atoms with van der Waals surface area (Å²) >= 11 is 0. The monoisotopic (exact) mass is 104 g/mol. The van der Waals surface area contributed by atoms with Crippen LogP contribution in [0.25, 0.3) is 0 Å². The van der Waals surface area contributed by atoms with E-state index in [1.54, 1.807) is 0 Å². The molecule has 20 valence electrons. The molecule has 0 aliphatic carbocycles. The van der Waals surface area contributed by atoms with Crippen LogP contribution in [0.15, 0.2) is 0 Å². The van der Waals surface area contributed by atoms with Gasteiger partial charge in [0.05, 0.1) is 0 Å². The van der Waals surface area contributed by atoms with Crippen LogP contribution in [-0.4, -0.2) is 0 Å². The van der Waals surface area contributed by atoms with Crippen molar-refractivity contribution in [3.05, 3.63) is 0 Å². The fourth-order valence-corrected chi connectivity index (χ4v) is 0. The van der Waals surface area contributed by atoms with E-state index in [9.17, 15) is 0 Å². The van der Waals surface area contributed by atoms with Crippen molar-refractivity contribution in [3.8, 4) is 0 Å². The predicted octanol–water partition coefficient (Wildman–Crippen LogP) is -9.83. The van der Waals surface area contributed by atoms with Gasteiger partial charge < -0.3 is 4.28 Å². The maximum absolute atomic E-state index is 4.00. The van der Waals surface area contributed by atoms with Crippen molar-refractivity contribution in [2.24, 2.45) is 11.7 Å². The summed E-state index contributed by atoms with van der Waals surface area (Å²) in [6.07, 6.45) is 0. The Labute approximate surface area is 103 Å². The molecule has 5 heavy (non-hydrogen) atoms. The van der Waals surface area contributed by atoms with Gasteiger partial charge >= 0.3 is 88.7 Å². The van der Waals surface area contributed by atoms with Crippen LogP contribution in [-0.2, 0) is 0 Å². The molecule has 0 atom stereocenters. The smallest absolute Gasteiger partial charge is 1.00 e. The van der Waals surface area contributed by atoms with E-state index >= 15 is 0 Å². The second-order valence-corrected chi connectivity index (χ2v) is 0. The molecule has 0 aliphatic rings. The summed E-state index contributed by atoms with van der Waals surface area (Å²) in [7, 11) is 0. The van der Waals surface area contributed by atoms with Crippen LogP contribution >= 0.6 is 0 Å². The first-order valence-corrected chi connectivity index (χ1v) is 0.333. The molecule has 0 rings (SSSR count). The molecule has 0 heterocycles. The van der Waals surface area contributed by atoms with E-state index in [0.29, 0.717) is 0 Å². The Kier molecular flexibility index (Phi) is 140. The first-order chi connectivity index (χ1) is 1.00. The van der Waals surface area contributed by atoms with Crippen LogP contribution in [0, 0.1) is 0 Å². The second kappa shape index (κ2) is 28.4. The van der Waals surface area contributed by atoms with E-state index in [4.69, 9.17) is 0 Å². The topological polar surface area (TPSA) is 52.0 Å². The van der Waals surface area contributed by atoms with Gasteiger partial charge in [0.2, 0.25) is 0 Å². The standard InChI is InChI=1S/H4N2.3Na.3H/c1-2;;;;;;/h1-2H2;;;;;;/q;3*+1;3*-1. The van der Waals surface area contributed by atoms with Crippen molar-refractivity contribution in [2.45, 2.75) is 0 Å². The SMILES string of the molecule is NN.[H-].[H-].[H-].[Na+].[Na+].[Na+]. The number of rotatable bonds is 0. The van der Waals surface area contributed by atoms with Crippen molar-refractivity contribution < 1.29 is 93.0 Å². The average molecular weight is 104 g/mol. The first-order valence-electron chi connectivity index (χ1n) is 0.333. The Hall–Kier alpha value is 2.92. The normalized spacial score (nSPS) is 1.20. The molecular weight excluding hydrogens is 97.0 g/mol. The Morgan fingerprint density at radius 3 is 0.800 bits per heavy atom. The molecule has 0 aromatic heterocycles. The van der Waals surface area contributed by atoms with Crippen LogP contribution in [0.4, 0.5) is 0 Å². The molecule has 0 fully saturated rings. The minimum atomic E-state index is 0. The third-order valence-corrected chi connectivity index (χ3v) is 0. The fourth-order valence-electron chi connectivity index (χ4n) is 0. The van der Waals surface area contributed by atoms with Gasteiger partial charge in [0.1, 0.15) is 0 Å². The van der Waals surface area contributed by atoms with Crippen molar-refractivity contribution >= 4 is 0 Å². The van der Waals surface area contributed by atoms with Gasteiger partial charge in [0.15, 0.2) is 0 Å². The zero-order chi connectivity index (χ0) is 2.00. The van der Waals surface area contributed by atoms with Crippen molar-refractivity contribution in [1.82, 2.24) is 0 Å². The van der Waals surface area contributed by atoms with Gasteiger partial charge in [-0.1, -0.05) is 0 Å². The van der Waals surface area contributed by atoms with E-state index in [1.807, 2.05) is 0 Å². The van der Waals surface area contributed by atoms with Crippen LogP contribution < -0.4 is 100 Å². The average Bonchev–Trinajstić information content (AvgIpc) is 1.00. The van der Waals surface area contributed by atoms with Gasteiger partial charge in [0.25, 0.3) is 0 Å². The Morgan fingerprint density at radius 2 is 0.800 bits per heavy atom. The second-order valence-electron chi connectivity index (χ2n) is 0. The van der Waals surface area contributed by atoms with Crippen molar-refractivity contribution in [2.75, 3.05) is 0 Å². The molecule has 0 saturated heterocycles. The summed E-state index contributed by atoms with van der Waals surface area (Å²) in [5.41, 5.74) is 0. The predicted molar refractivity (Wildman–Crippen MR) is 11.7 cm³/mol. The summed E-state index contributed by atoms with van der Waals surface area (Å²) in [5.74, 6) is 8.00. The molecular formula is H7N2Na3. The molecule has 0 saturated carbocycles. The molecule has 0 spiro atoms. The summed E-state index contributed by atoms with van der Waals surface area (Å²) < 4.78 is 0. The molecule has 0 aromatic rings. The molecule has 0 amide bonds. The molecule has 2 nitrogen and oxygen atoms in total. The molecule has 0 radical (unpaired) electrons. The first kappa shape index (κ1) is 24.7. The van der Waals surface area contributed by atoms with E-state index in [2.05, 4.69) is 11.7 Å².